The lowest BCUT2D eigenvalue weighted by Gasteiger charge is -2.22. The van der Waals surface area contributed by atoms with E-state index in [-0.39, 0.29) is 5.91 Å². The Morgan fingerprint density at radius 3 is 2.18 bits per heavy atom. The molecule has 0 aliphatic carbocycles. The van der Waals surface area contributed by atoms with Gasteiger partial charge in [-0.25, -0.2) is 0 Å². The third-order valence-corrected chi connectivity index (χ3v) is 2.45. The molecule has 4 heteroatoms. The Balaban J connectivity index is 2.53. The van der Waals surface area contributed by atoms with E-state index in [1.165, 1.54) is 0 Å². The molecule has 0 aromatic heterocycles. The molecule has 1 amide bonds. The van der Waals surface area contributed by atoms with Crippen LogP contribution in [-0.2, 0) is 4.79 Å². The van der Waals surface area contributed by atoms with Gasteiger partial charge in [0.05, 0.1) is 0 Å². The highest BCUT2D eigenvalue weighted by Crippen LogP contribution is 2.28. The molecule has 0 aromatic carbocycles. The zero-order valence-electron chi connectivity index (χ0n) is 6.44. The van der Waals surface area contributed by atoms with Crippen molar-refractivity contribution in [3.63, 3.8) is 0 Å². The number of amides is 1. The second-order valence-corrected chi connectivity index (χ2v) is 7.12. The number of nitrogens with zero attached hydrogens (tertiary/aromatic N) is 1. The Morgan fingerprint density at radius 1 is 1.36 bits per heavy atom. The molecule has 0 radical (unpaired) electrons. The van der Waals surface area contributed by atoms with Gasteiger partial charge in [-0.15, -0.1) is 0 Å². The Bertz CT molecular complexity index is 158. The number of hydrogen-bond acceptors (Lipinski definition) is 1. The van der Waals surface area contributed by atoms with Crippen molar-refractivity contribution in [2.24, 2.45) is 0 Å². The molecule has 2 nitrogen and oxygen atoms in total. The molecule has 11 heavy (non-hydrogen) atoms. The molecular formula is C7H11Br2NO. The largest absolute Gasteiger partial charge is 0.341 e. The van der Waals surface area contributed by atoms with Crippen LogP contribution in [0.25, 0.3) is 0 Å². The molecule has 0 unspecified atom stereocenters. The van der Waals surface area contributed by atoms with E-state index in [9.17, 15) is 4.79 Å². The molecule has 1 aliphatic rings. The molecule has 1 aliphatic heterocycles. The average Bonchev–Trinajstić information content (AvgIpc) is 2.34. The van der Waals surface area contributed by atoms with Crippen LogP contribution in [0.3, 0.4) is 0 Å². The fraction of sp³-hybridized carbons (Fsp3) is 0.857. The van der Waals surface area contributed by atoms with E-state index in [4.69, 9.17) is 0 Å². The lowest BCUT2D eigenvalue weighted by molar-refractivity contribution is -0.129. The summed E-state index contributed by atoms with van der Waals surface area (Å²) in [6.07, 6.45) is 2.28. The summed E-state index contributed by atoms with van der Waals surface area (Å²) in [6, 6.07) is 0. The van der Waals surface area contributed by atoms with E-state index in [2.05, 4.69) is 31.9 Å². The minimum absolute atomic E-state index is 0.134. The van der Waals surface area contributed by atoms with Crippen LogP contribution in [0, 0.1) is 0 Å². The smallest absolute Gasteiger partial charge is 0.250 e. The van der Waals surface area contributed by atoms with Crippen molar-refractivity contribution in [2.75, 3.05) is 13.1 Å². The molecule has 1 heterocycles. The van der Waals surface area contributed by atoms with Gasteiger partial charge in [0.15, 0.2) is 3.23 Å². The lowest BCUT2D eigenvalue weighted by Crippen LogP contribution is -2.37. The van der Waals surface area contributed by atoms with Gasteiger partial charge in [-0.2, -0.15) is 0 Å². The number of carbonyl (C=O) groups is 1. The molecule has 0 atom stereocenters. The SMILES string of the molecule is CC(Br)(Br)C(=O)N1CCCC1. The summed E-state index contributed by atoms with van der Waals surface area (Å²) in [7, 11) is 0. The number of hydrogen-bond donors (Lipinski definition) is 0. The van der Waals surface area contributed by atoms with E-state index < -0.39 is 3.23 Å². The van der Waals surface area contributed by atoms with Gasteiger partial charge in [-0.3, -0.25) is 4.79 Å². The number of halogens is 2. The third kappa shape index (κ3) is 2.44. The molecule has 0 spiro atoms. The Kier molecular flexibility index (Phi) is 2.97. The summed E-state index contributed by atoms with van der Waals surface area (Å²) < 4.78 is -0.565. The van der Waals surface area contributed by atoms with Crippen LogP contribution < -0.4 is 0 Å². The quantitative estimate of drug-likeness (QED) is 0.676. The first kappa shape index (κ1) is 9.52. The summed E-state index contributed by atoms with van der Waals surface area (Å²) in [6.45, 7) is 3.63. The van der Waals surface area contributed by atoms with Crippen molar-refractivity contribution < 1.29 is 4.79 Å². The van der Waals surface area contributed by atoms with Crippen LogP contribution in [0.15, 0.2) is 0 Å². The van der Waals surface area contributed by atoms with E-state index >= 15 is 0 Å². The molecule has 1 fully saturated rings. The highest BCUT2D eigenvalue weighted by atomic mass is 79.9. The zero-order valence-corrected chi connectivity index (χ0v) is 9.61. The molecule has 0 saturated carbocycles. The maximum absolute atomic E-state index is 11.5. The summed E-state index contributed by atoms with van der Waals surface area (Å²) >= 11 is 6.56. The maximum atomic E-state index is 11.5. The minimum Gasteiger partial charge on any atom is -0.341 e. The van der Waals surface area contributed by atoms with E-state index in [0.717, 1.165) is 25.9 Å². The number of rotatable bonds is 1. The molecule has 0 bridgehead atoms. The van der Waals surface area contributed by atoms with Crippen molar-refractivity contribution >= 4 is 37.8 Å². The third-order valence-electron chi connectivity index (χ3n) is 1.77. The predicted molar refractivity (Wildman–Crippen MR) is 52.1 cm³/mol. The fourth-order valence-electron chi connectivity index (χ4n) is 1.20. The van der Waals surface area contributed by atoms with Gasteiger partial charge in [0.25, 0.3) is 0 Å². The fourth-order valence-corrected chi connectivity index (χ4v) is 1.70. The first-order chi connectivity index (χ1) is 5.02. The summed E-state index contributed by atoms with van der Waals surface area (Å²) in [5, 5.41) is 0. The molecule has 1 saturated heterocycles. The molecular weight excluding hydrogens is 274 g/mol. The molecule has 1 rings (SSSR count). The maximum Gasteiger partial charge on any atom is 0.250 e. The standard InChI is InChI=1S/C7H11Br2NO/c1-7(8,9)6(11)10-4-2-3-5-10/h2-5H2,1H3. The topological polar surface area (TPSA) is 20.3 Å². The van der Waals surface area contributed by atoms with Gasteiger partial charge >= 0.3 is 0 Å². The van der Waals surface area contributed by atoms with Gasteiger partial charge in [0.2, 0.25) is 5.91 Å². The highest BCUT2D eigenvalue weighted by Gasteiger charge is 2.32. The van der Waals surface area contributed by atoms with Gasteiger partial charge in [0.1, 0.15) is 0 Å². The van der Waals surface area contributed by atoms with Crippen LogP contribution in [0.5, 0.6) is 0 Å². The van der Waals surface area contributed by atoms with Gasteiger partial charge in [0, 0.05) is 13.1 Å². The van der Waals surface area contributed by atoms with Gasteiger partial charge in [-0.05, 0) is 19.8 Å². The lowest BCUT2D eigenvalue weighted by atomic mass is 10.4. The Labute approximate surface area is 83.6 Å². The van der Waals surface area contributed by atoms with Gasteiger partial charge < -0.3 is 4.90 Å². The molecule has 0 aromatic rings. The van der Waals surface area contributed by atoms with Crippen LogP contribution >= 0.6 is 31.9 Å². The monoisotopic (exact) mass is 283 g/mol. The Hall–Kier alpha value is 0.430. The van der Waals surface area contributed by atoms with Crippen LogP contribution in [0.2, 0.25) is 0 Å². The van der Waals surface area contributed by atoms with E-state index in [1.807, 2.05) is 11.8 Å². The van der Waals surface area contributed by atoms with Gasteiger partial charge in [-0.1, -0.05) is 31.9 Å². The summed E-state index contributed by atoms with van der Waals surface area (Å²) in [4.78, 5) is 13.4. The van der Waals surface area contributed by atoms with E-state index in [0.29, 0.717) is 0 Å². The number of alkyl halides is 2. The highest BCUT2D eigenvalue weighted by molar-refractivity contribution is 9.25. The zero-order chi connectivity index (χ0) is 8.48. The molecule has 64 valence electrons. The normalized spacial score (nSPS) is 19.0. The number of carbonyl (C=O) groups excluding carboxylic acids is 1. The predicted octanol–water partition coefficient (Wildman–Crippen LogP) is 2.11. The number of likely N-dealkylation sites (tertiary alicyclic amines) is 1. The van der Waals surface area contributed by atoms with Crippen molar-refractivity contribution in [2.45, 2.75) is 23.0 Å². The van der Waals surface area contributed by atoms with Crippen molar-refractivity contribution in [3.8, 4) is 0 Å². The van der Waals surface area contributed by atoms with Crippen LogP contribution in [0.1, 0.15) is 19.8 Å². The van der Waals surface area contributed by atoms with Crippen molar-refractivity contribution in [1.29, 1.82) is 0 Å². The Morgan fingerprint density at radius 2 is 1.82 bits per heavy atom. The van der Waals surface area contributed by atoms with Crippen LogP contribution in [0.4, 0.5) is 0 Å². The first-order valence-electron chi connectivity index (χ1n) is 3.69. The average molecular weight is 285 g/mol. The second-order valence-electron chi connectivity index (χ2n) is 2.89. The minimum atomic E-state index is -0.565. The molecule has 0 N–H and O–H groups in total. The second kappa shape index (κ2) is 3.44. The first-order valence-corrected chi connectivity index (χ1v) is 5.27. The van der Waals surface area contributed by atoms with Crippen molar-refractivity contribution in [1.82, 2.24) is 4.90 Å². The van der Waals surface area contributed by atoms with E-state index in [1.54, 1.807) is 0 Å². The summed E-state index contributed by atoms with van der Waals surface area (Å²) in [5.41, 5.74) is 0. The van der Waals surface area contributed by atoms with Crippen LogP contribution in [-0.4, -0.2) is 27.1 Å². The van der Waals surface area contributed by atoms with Crippen molar-refractivity contribution in [3.05, 3.63) is 0 Å². The summed E-state index contributed by atoms with van der Waals surface area (Å²) in [5.74, 6) is 0.134.